The lowest BCUT2D eigenvalue weighted by Gasteiger charge is -2.34. The number of rotatable bonds is 9. The number of fused-ring (bicyclic) bond motifs is 1. The van der Waals surface area contributed by atoms with Gasteiger partial charge >= 0.3 is 0 Å². The molecule has 0 aliphatic heterocycles. The molecule has 0 unspecified atom stereocenters. The van der Waals surface area contributed by atoms with Crippen molar-refractivity contribution in [2.24, 2.45) is 0 Å². The number of halogens is 2. The molecule has 7 nitrogen and oxygen atoms in total. The molecule has 0 bridgehead atoms. The first-order valence-electron chi connectivity index (χ1n) is 11.1. The highest BCUT2D eigenvalue weighted by atomic mass is 32.2. The summed E-state index contributed by atoms with van der Waals surface area (Å²) in [6.45, 7) is 1.78. The molecular formula is C25H23F2N5O2S2. The Balaban J connectivity index is 1.34. The Morgan fingerprint density at radius 1 is 1.17 bits per heavy atom. The maximum absolute atomic E-state index is 14.7. The molecule has 0 saturated heterocycles. The molecule has 2 atom stereocenters. The molecule has 0 saturated carbocycles. The zero-order valence-electron chi connectivity index (χ0n) is 19.5. The number of ether oxygens (including phenoxy) is 1. The van der Waals surface area contributed by atoms with E-state index in [-0.39, 0.29) is 12.1 Å². The van der Waals surface area contributed by atoms with Crippen molar-refractivity contribution >= 4 is 28.1 Å². The average Bonchev–Trinajstić information content (AvgIpc) is 3.59. The number of hydrogen-bond acceptors (Lipinski definition) is 7. The summed E-state index contributed by atoms with van der Waals surface area (Å²) < 4.78 is 36.9. The van der Waals surface area contributed by atoms with Crippen molar-refractivity contribution in [1.29, 1.82) is 0 Å². The fourth-order valence-electron chi connectivity index (χ4n) is 3.99. The average molecular weight is 528 g/mol. The van der Waals surface area contributed by atoms with Crippen LogP contribution in [0.2, 0.25) is 0 Å². The first-order valence-corrected chi connectivity index (χ1v) is 13.0. The number of hydrogen-bond donors (Lipinski definition) is 1. The van der Waals surface area contributed by atoms with Gasteiger partial charge in [-0.1, -0.05) is 24.3 Å². The first kappa shape index (κ1) is 24.4. The van der Waals surface area contributed by atoms with Crippen molar-refractivity contribution in [3.8, 4) is 16.2 Å². The third-order valence-electron chi connectivity index (χ3n) is 6.00. The van der Waals surface area contributed by atoms with Crippen LogP contribution in [0.3, 0.4) is 0 Å². The van der Waals surface area contributed by atoms with Crippen LogP contribution in [0.25, 0.3) is 15.4 Å². The van der Waals surface area contributed by atoms with Gasteiger partial charge in [0.15, 0.2) is 4.96 Å². The van der Waals surface area contributed by atoms with Gasteiger partial charge in [-0.3, -0.25) is 4.40 Å². The summed E-state index contributed by atoms with van der Waals surface area (Å²) in [7, 11) is 1.64. The third-order valence-corrected chi connectivity index (χ3v) is 8.40. The zero-order valence-corrected chi connectivity index (χ0v) is 21.1. The van der Waals surface area contributed by atoms with Gasteiger partial charge in [0.1, 0.15) is 35.6 Å². The van der Waals surface area contributed by atoms with Gasteiger partial charge < -0.3 is 9.84 Å². The Hall–Kier alpha value is -3.28. The normalized spacial score (nSPS) is 14.1. The molecule has 36 heavy (non-hydrogen) atoms. The Labute approximate surface area is 214 Å². The van der Waals surface area contributed by atoms with E-state index in [1.807, 2.05) is 48.0 Å². The lowest BCUT2D eigenvalue weighted by Crippen LogP contribution is -2.41. The number of aliphatic hydroxyl groups is 1. The first-order chi connectivity index (χ1) is 17.4. The maximum Gasteiger partial charge on any atom is 0.194 e. The second-order valence-corrected chi connectivity index (χ2v) is 10.7. The molecule has 11 heteroatoms. The summed E-state index contributed by atoms with van der Waals surface area (Å²) >= 11 is 3.01. The Kier molecular flexibility index (Phi) is 6.78. The molecule has 0 aliphatic rings. The van der Waals surface area contributed by atoms with Crippen LogP contribution in [0.5, 0.6) is 5.75 Å². The smallest absolute Gasteiger partial charge is 0.194 e. The van der Waals surface area contributed by atoms with Crippen molar-refractivity contribution in [2.75, 3.05) is 7.11 Å². The molecule has 0 aliphatic carbocycles. The van der Waals surface area contributed by atoms with E-state index in [4.69, 9.17) is 9.72 Å². The van der Waals surface area contributed by atoms with E-state index in [9.17, 15) is 13.9 Å². The van der Waals surface area contributed by atoms with Gasteiger partial charge in [-0.2, -0.15) is 5.10 Å². The van der Waals surface area contributed by atoms with E-state index in [2.05, 4.69) is 10.1 Å². The van der Waals surface area contributed by atoms with Crippen LogP contribution in [-0.4, -0.2) is 41.6 Å². The summed E-state index contributed by atoms with van der Waals surface area (Å²) in [5.74, 6) is -0.209. The van der Waals surface area contributed by atoms with E-state index in [1.165, 1.54) is 35.2 Å². The summed E-state index contributed by atoms with van der Waals surface area (Å²) in [6, 6.07) is 11.1. The quantitative estimate of drug-likeness (QED) is 0.286. The van der Waals surface area contributed by atoms with Gasteiger partial charge in [0.05, 0.1) is 24.2 Å². The van der Waals surface area contributed by atoms with Crippen molar-refractivity contribution in [2.45, 2.75) is 30.1 Å². The SMILES string of the molecule is COc1ccc(-c2cn3cc(CS[C@H](C)[C@](O)(Cn4cncn4)c4ccc(F)cc4F)nc3s2)cc1. The van der Waals surface area contributed by atoms with Crippen molar-refractivity contribution in [3.05, 3.63) is 90.4 Å². The number of thiazole rings is 1. The molecule has 186 valence electrons. The van der Waals surface area contributed by atoms with Gasteiger partial charge in [-0.15, -0.1) is 11.8 Å². The van der Waals surface area contributed by atoms with Crippen LogP contribution in [-0.2, 0) is 17.9 Å². The molecule has 1 N–H and O–H groups in total. The van der Waals surface area contributed by atoms with Crippen molar-refractivity contribution in [1.82, 2.24) is 24.1 Å². The van der Waals surface area contributed by atoms with Gasteiger partial charge in [0, 0.05) is 35.0 Å². The van der Waals surface area contributed by atoms with Crippen molar-refractivity contribution < 1.29 is 18.6 Å². The van der Waals surface area contributed by atoms with Crippen LogP contribution in [0, 0.1) is 11.6 Å². The lowest BCUT2D eigenvalue weighted by molar-refractivity contribution is 0.0133. The molecule has 2 aromatic carbocycles. The van der Waals surface area contributed by atoms with E-state index in [0.717, 1.165) is 39.0 Å². The van der Waals surface area contributed by atoms with Crippen LogP contribution < -0.4 is 4.74 Å². The molecule has 0 amide bonds. The zero-order chi connectivity index (χ0) is 25.3. The predicted molar refractivity (Wildman–Crippen MR) is 136 cm³/mol. The highest BCUT2D eigenvalue weighted by molar-refractivity contribution is 7.99. The van der Waals surface area contributed by atoms with Gasteiger partial charge in [0.2, 0.25) is 0 Å². The molecule has 5 aromatic rings. The van der Waals surface area contributed by atoms with Crippen LogP contribution >= 0.6 is 23.1 Å². The Bertz CT molecular complexity index is 1440. The molecule has 0 spiro atoms. The molecule has 3 aromatic heterocycles. The van der Waals surface area contributed by atoms with Crippen LogP contribution in [0.1, 0.15) is 18.2 Å². The number of nitrogens with zero attached hydrogens (tertiary/aromatic N) is 5. The molecule has 3 heterocycles. The monoisotopic (exact) mass is 527 g/mol. The second kappa shape index (κ2) is 10.00. The maximum atomic E-state index is 14.7. The highest BCUT2D eigenvalue weighted by Crippen LogP contribution is 2.38. The number of benzene rings is 2. The van der Waals surface area contributed by atoms with Crippen molar-refractivity contribution in [3.63, 3.8) is 0 Å². The van der Waals surface area contributed by atoms with E-state index in [1.54, 1.807) is 18.4 Å². The topological polar surface area (TPSA) is 77.5 Å². The fraction of sp³-hybridized carbons (Fsp3) is 0.240. The fourth-order valence-corrected chi connectivity index (χ4v) is 6.01. The molecule has 0 fully saturated rings. The number of aromatic nitrogens is 5. The number of thioether (sulfide) groups is 1. The van der Waals surface area contributed by atoms with Crippen LogP contribution in [0.15, 0.2) is 67.5 Å². The summed E-state index contributed by atoms with van der Waals surface area (Å²) in [6.07, 6.45) is 6.78. The standard InChI is InChI=1S/C25H23F2N5O2S2/c1-16(25(33,13-32-15-28-14-29-32)21-8-5-18(26)9-22(21)27)35-12-19-10-31-11-23(36-24(31)30-19)17-3-6-20(34-2)7-4-17/h3-11,14-16,33H,12-13H2,1-2H3/t16-,25-/m1/s1. The second-order valence-electron chi connectivity index (χ2n) is 8.34. The largest absolute Gasteiger partial charge is 0.497 e. The van der Waals surface area contributed by atoms with E-state index >= 15 is 0 Å². The summed E-state index contributed by atoms with van der Waals surface area (Å²) in [5.41, 5.74) is 0.265. The van der Waals surface area contributed by atoms with Gasteiger partial charge in [0.25, 0.3) is 0 Å². The lowest BCUT2D eigenvalue weighted by atomic mass is 9.90. The van der Waals surface area contributed by atoms with Gasteiger partial charge in [-0.05, 0) is 35.9 Å². The molecular weight excluding hydrogens is 504 g/mol. The van der Waals surface area contributed by atoms with E-state index in [0.29, 0.717) is 5.75 Å². The summed E-state index contributed by atoms with van der Waals surface area (Å²) in [5, 5.41) is 15.3. The molecule has 0 radical (unpaired) electrons. The van der Waals surface area contributed by atoms with E-state index < -0.39 is 22.5 Å². The third kappa shape index (κ3) is 4.86. The van der Waals surface area contributed by atoms with Crippen LogP contribution in [0.4, 0.5) is 8.78 Å². The number of methoxy groups -OCH3 is 1. The minimum Gasteiger partial charge on any atom is -0.497 e. The summed E-state index contributed by atoms with van der Waals surface area (Å²) in [4.78, 5) is 10.6. The minimum atomic E-state index is -1.66. The van der Waals surface area contributed by atoms with Gasteiger partial charge in [-0.25, -0.2) is 23.4 Å². The minimum absolute atomic E-state index is 0.00866. The Morgan fingerprint density at radius 3 is 2.64 bits per heavy atom. The molecule has 5 rings (SSSR count). The number of imidazole rings is 1. The highest BCUT2D eigenvalue weighted by Gasteiger charge is 2.39. The Morgan fingerprint density at radius 2 is 1.97 bits per heavy atom. The predicted octanol–water partition coefficient (Wildman–Crippen LogP) is 5.15.